The lowest BCUT2D eigenvalue weighted by molar-refractivity contribution is -0.0261. The number of morpholine rings is 1. The van der Waals surface area contributed by atoms with Crippen molar-refractivity contribution < 1.29 is 4.74 Å². The molecule has 6 heteroatoms. The molecule has 0 amide bonds. The molecule has 1 rings (SSSR count). The Morgan fingerprint density at radius 2 is 2.28 bits per heavy atom. The third kappa shape index (κ3) is 7.38. The minimum Gasteiger partial charge on any atom is -0.374 e. The Morgan fingerprint density at radius 1 is 1.56 bits per heavy atom. The Balaban J connectivity index is 0.00000289. The zero-order valence-corrected chi connectivity index (χ0v) is 14.0. The normalized spacial score (nSPS) is 21.8. The minimum absolute atomic E-state index is 0. The molecule has 0 bridgehead atoms. The zero-order chi connectivity index (χ0) is 12.7. The van der Waals surface area contributed by atoms with E-state index >= 15 is 0 Å². The second kappa shape index (κ2) is 9.80. The van der Waals surface area contributed by atoms with Gasteiger partial charge in [-0.2, -0.15) is 0 Å². The molecule has 0 radical (unpaired) electrons. The Bertz CT molecular complexity index is 248. The Labute approximate surface area is 128 Å². The first-order valence-corrected chi connectivity index (χ1v) is 6.49. The molecule has 1 fully saturated rings. The molecule has 0 saturated carbocycles. The monoisotopic (exact) mass is 370 g/mol. The van der Waals surface area contributed by atoms with Gasteiger partial charge in [-0.25, -0.2) is 0 Å². The molecule has 0 aromatic rings. The lowest BCUT2D eigenvalue weighted by atomic mass is 10.2. The van der Waals surface area contributed by atoms with Crippen LogP contribution in [0.2, 0.25) is 0 Å². The SMILES string of the molecule is CCNC(N)=NCC1CN(CC(C)C)CCO1.I. The van der Waals surface area contributed by atoms with Crippen LogP contribution in [0.15, 0.2) is 4.99 Å². The number of guanidine groups is 1. The number of hydrogen-bond acceptors (Lipinski definition) is 3. The fourth-order valence-corrected chi connectivity index (χ4v) is 2.01. The van der Waals surface area contributed by atoms with Gasteiger partial charge < -0.3 is 15.8 Å². The molecule has 5 nitrogen and oxygen atoms in total. The van der Waals surface area contributed by atoms with Gasteiger partial charge in [0, 0.05) is 26.2 Å². The summed E-state index contributed by atoms with van der Waals surface area (Å²) in [5, 5.41) is 2.99. The van der Waals surface area contributed by atoms with E-state index in [9.17, 15) is 0 Å². The van der Waals surface area contributed by atoms with Crippen molar-refractivity contribution in [3.05, 3.63) is 0 Å². The van der Waals surface area contributed by atoms with Crippen molar-refractivity contribution in [2.45, 2.75) is 26.9 Å². The topological polar surface area (TPSA) is 62.9 Å². The molecule has 1 atom stereocenters. The van der Waals surface area contributed by atoms with Crippen LogP contribution in [0.5, 0.6) is 0 Å². The van der Waals surface area contributed by atoms with Crippen molar-refractivity contribution in [1.29, 1.82) is 0 Å². The summed E-state index contributed by atoms with van der Waals surface area (Å²) in [7, 11) is 0. The second-order valence-electron chi connectivity index (χ2n) is 4.90. The molecule has 0 aliphatic carbocycles. The largest absolute Gasteiger partial charge is 0.374 e. The number of rotatable bonds is 5. The molecule has 0 aromatic carbocycles. The van der Waals surface area contributed by atoms with Crippen LogP contribution < -0.4 is 11.1 Å². The van der Waals surface area contributed by atoms with E-state index in [0.29, 0.717) is 18.4 Å². The van der Waals surface area contributed by atoms with E-state index in [1.54, 1.807) is 0 Å². The second-order valence-corrected chi connectivity index (χ2v) is 4.90. The van der Waals surface area contributed by atoms with Crippen LogP contribution in [0, 0.1) is 5.92 Å². The summed E-state index contributed by atoms with van der Waals surface area (Å²) in [6.07, 6.45) is 0.180. The van der Waals surface area contributed by atoms with E-state index in [0.717, 1.165) is 32.8 Å². The van der Waals surface area contributed by atoms with E-state index in [1.807, 2.05) is 6.92 Å². The van der Waals surface area contributed by atoms with Crippen LogP contribution in [0.25, 0.3) is 0 Å². The average Bonchev–Trinajstić information content (AvgIpc) is 2.26. The smallest absolute Gasteiger partial charge is 0.188 e. The maximum Gasteiger partial charge on any atom is 0.188 e. The molecule has 1 aliphatic heterocycles. The Kier molecular flexibility index (Phi) is 9.76. The molecular formula is C12H27IN4O. The highest BCUT2D eigenvalue weighted by molar-refractivity contribution is 14.0. The van der Waals surface area contributed by atoms with Crippen molar-refractivity contribution in [2.24, 2.45) is 16.6 Å². The number of hydrogen-bond donors (Lipinski definition) is 2. The molecule has 0 spiro atoms. The number of ether oxygens (including phenoxy) is 1. The third-order valence-corrected chi connectivity index (χ3v) is 2.67. The van der Waals surface area contributed by atoms with Gasteiger partial charge in [0.1, 0.15) is 0 Å². The highest BCUT2D eigenvalue weighted by atomic mass is 127. The maximum absolute atomic E-state index is 5.69. The molecule has 1 saturated heterocycles. The van der Waals surface area contributed by atoms with Crippen molar-refractivity contribution in [1.82, 2.24) is 10.2 Å². The molecular weight excluding hydrogens is 343 g/mol. The van der Waals surface area contributed by atoms with Crippen molar-refractivity contribution in [3.63, 3.8) is 0 Å². The van der Waals surface area contributed by atoms with Gasteiger partial charge in [-0.1, -0.05) is 13.8 Å². The Hall–Kier alpha value is -0.0800. The summed E-state index contributed by atoms with van der Waals surface area (Å²) < 4.78 is 5.69. The van der Waals surface area contributed by atoms with Crippen LogP contribution >= 0.6 is 24.0 Å². The fraction of sp³-hybridized carbons (Fsp3) is 0.917. The number of nitrogens with two attached hydrogens (primary N) is 1. The minimum atomic E-state index is 0. The van der Waals surface area contributed by atoms with Crippen LogP contribution in [0.1, 0.15) is 20.8 Å². The summed E-state index contributed by atoms with van der Waals surface area (Å²) in [6.45, 7) is 11.9. The van der Waals surface area contributed by atoms with Crippen molar-refractivity contribution in [3.8, 4) is 0 Å². The molecule has 1 heterocycles. The zero-order valence-electron chi connectivity index (χ0n) is 11.7. The van der Waals surface area contributed by atoms with Gasteiger partial charge in [0.25, 0.3) is 0 Å². The standard InChI is InChI=1S/C12H26N4O.HI/c1-4-14-12(13)15-7-11-9-16(5-6-17-11)8-10(2)3;/h10-11H,4-9H2,1-3H3,(H3,13,14,15);1H. The number of aliphatic imine (C=N–C) groups is 1. The average molecular weight is 370 g/mol. The summed E-state index contributed by atoms with van der Waals surface area (Å²) >= 11 is 0. The highest BCUT2D eigenvalue weighted by Gasteiger charge is 2.20. The van der Waals surface area contributed by atoms with E-state index in [4.69, 9.17) is 10.5 Å². The quantitative estimate of drug-likeness (QED) is 0.429. The first kappa shape index (κ1) is 17.9. The van der Waals surface area contributed by atoms with Gasteiger partial charge in [0.15, 0.2) is 5.96 Å². The number of nitrogens with zero attached hydrogens (tertiary/aromatic N) is 2. The first-order chi connectivity index (χ1) is 8.11. The maximum atomic E-state index is 5.69. The summed E-state index contributed by atoms with van der Waals surface area (Å²) in [6, 6.07) is 0. The molecule has 3 N–H and O–H groups in total. The molecule has 1 unspecified atom stereocenters. The van der Waals surface area contributed by atoms with Gasteiger partial charge in [0.2, 0.25) is 0 Å². The first-order valence-electron chi connectivity index (χ1n) is 6.49. The number of halogens is 1. The fourth-order valence-electron chi connectivity index (χ4n) is 2.01. The molecule has 18 heavy (non-hydrogen) atoms. The van der Waals surface area contributed by atoms with E-state index in [-0.39, 0.29) is 30.1 Å². The van der Waals surface area contributed by atoms with Crippen LogP contribution in [0.3, 0.4) is 0 Å². The van der Waals surface area contributed by atoms with Crippen LogP contribution in [-0.2, 0) is 4.74 Å². The summed E-state index contributed by atoms with van der Waals surface area (Å²) in [4.78, 5) is 6.73. The van der Waals surface area contributed by atoms with Crippen LogP contribution in [-0.4, -0.2) is 56.3 Å². The van der Waals surface area contributed by atoms with E-state index in [1.165, 1.54) is 0 Å². The molecule has 1 aliphatic rings. The van der Waals surface area contributed by atoms with Gasteiger partial charge in [-0.3, -0.25) is 9.89 Å². The predicted octanol–water partition coefficient (Wildman–Crippen LogP) is 0.885. The molecule has 108 valence electrons. The third-order valence-electron chi connectivity index (χ3n) is 2.67. The van der Waals surface area contributed by atoms with Crippen molar-refractivity contribution >= 4 is 29.9 Å². The van der Waals surface area contributed by atoms with Gasteiger partial charge in [-0.15, -0.1) is 24.0 Å². The van der Waals surface area contributed by atoms with Crippen molar-refractivity contribution in [2.75, 3.05) is 39.3 Å². The van der Waals surface area contributed by atoms with Gasteiger partial charge >= 0.3 is 0 Å². The van der Waals surface area contributed by atoms with E-state index in [2.05, 4.69) is 29.1 Å². The molecule has 0 aromatic heterocycles. The predicted molar refractivity (Wildman–Crippen MR) is 86.6 cm³/mol. The van der Waals surface area contributed by atoms with Gasteiger partial charge in [0.05, 0.1) is 19.3 Å². The van der Waals surface area contributed by atoms with Crippen LogP contribution in [0.4, 0.5) is 0 Å². The lowest BCUT2D eigenvalue weighted by Crippen LogP contribution is -2.45. The lowest BCUT2D eigenvalue weighted by Gasteiger charge is -2.33. The highest BCUT2D eigenvalue weighted by Crippen LogP contribution is 2.08. The number of nitrogens with one attached hydrogen (secondary N) is 1. The van der Waals surface area contributed by atoms with Gasteiger partial charge in [-0.05, 0) is 12.8 Å². The summed E-state index contributed by atoms with van der Waals surface area (Å²) in [5.74, 6) is 1.21. The summed E-state index contributed by atoms with van der Waals surface area (Å²) in [5.41, 5.74) is 5.69. The van der Waals surface area contributed by atoms with E-state index < -0.39 is 0 Å². The Morgan fingerprint density at radius 3 is 2.89 bits per heavy atom.